The number of aromatic nitrogens is 2. The quantitative estimate of drug-likeness (QED) is 0.784. The van der Waals surface area contributed by atoms with Crippen LogP contribution in [0.25, 0.3) is 10.8 Å². The van der Waals surface area contributed by atoms with Crippen LogP contribution in [0.5, 0.6) is 0 Å². The van der Waals surface area contributed by atoms with Crippen LogP contribution in [-0.4, -0.2) is 10.1 Å². The first-order chi connectivity index (χ1) is 10.3. The van der Waals surface area contributed by atoms with E-state index in [-0.39, 0.29) is 0 Å². The molecule has 4 nitrogen and oxygen atoms in total. The number of nitrogens with zero attached hydrogens (tertiary/aromatic N) is 2. The molecule has 106 valence electrons. The predicted molar refractivity (Wildman–Crippen MR) is 83.2 cm³/mol. The third-order valence-electron chi connectivity index (χ3n) is 3.99. The Kier molecular flexibility index (Phi) is 3.00. The topological polar surface area (TPSA) is 64.9 Å². The lowest BCUT2D eigenvalue weighted by molar-refractivity contribution is 0.410. The molecule has 2 heterocycles. The third kappa shape index (κ3) is 2.34. The summed E-state index contributed by atoms with van der Waals surface area (Å²) in [5.74, 6) is 1.73. The van der Waals surface area contributed by atoms with Crippen LogP contribution in [0, 0.1) is 0 Å². The molecule has 0 bridgehead atoms. The van der Waals surface area contributed by atoms with Gasteiger partial charge in [-0.25, -0.2) is 0 Å². The number of hydrogen-bond donors (Lipinski definition) is 1. The van der Waals surface area contributed by atoms with Gasteiger partial charge >= 0.3 is 0 Å². The molecule has 0 amide bonds. The van der Waals surface area contributed by atoms with Gasteiger partial charge in [0.25, 0.3) is 5.89 Å². The highest BCUT2D eigenvalue weighted by atomic mass is 32.1. The van der Waals surface area contributed by atoms with E-state index in [4.69, 9.17) is 10.3 Å². The fourth-order valence-electron chi connectivity index (χ4n) is 2.89. The maximum atomic E-state index is 5.75. The highest BCUT2D eigenvalue weighted by Gasteiger charge is 2.24. The van der Waals surface area contributed by atoms with Crippen LogP contribution >= 0.6 is 11.3 Å². The molecule has 0 radical (unpaired) electrons. The monoisotopic (exact) mass is 297 g/mol. The Hall–Kier alpha value is -2.14. The Morgan fingerprint density at radius 2 is 2.00 bits per heavy atom. The molecule has 2 N–H and O–H groups in total. The first kappa shape index (κ1) is 12.6. The zero-order valence-electron chi connectivity index (χ0n) is 11.5. The largest absolute Gasteiger partial charge is 0.391 e. The Bertz CT molecular complexity index is 777. The van der Waals surface area contributed by atoms with E-state index >= 15 is 0 Å². The van der Waals surface area contributed by atoms with Gasteiger partial charge in [0.2, 0.25) is 0 Å². The fraction of sp³-hybridized carbons (Fsp3) is 0.250. The maximum absolute atomic E-state index is 5.75. The molecular formula is C16H15N3OS. The van der Waals surface area contributed by atoms with Crippen molar-refractivity contribution in [3.05, 3.63) is 53.3 Å². The molecule has 0 saturated heterocycles. The van der Waals surface area contributed by atoms with Gasteiger partial charge in [0.15, 0.2) is 5.82 Å². The lowest BCUT2D eigenvalue weighted by Gasteiger charge is -2.21. The van der Waals surface area contributed by atoms with E-state index in [2.05, 4.69) is 34.4 Å². The lowest BCUT2D eigenvalue weighted by atomic mass is 9.83. The van der Waals surface area contributed by atoms with Crippen molar-refractivity contribution < 1.29 is 4.52 Å². The highest BCUT2D eigenvalue weighted by molar-refractivity contribution is 7.19. The summed E-state index contributed by atoms with van der Waals surface area (Å²) < 4.78 is 5.40. The molecule has 1 aliphatic rings. The highest BCUT2D eigenvalue weighted by Crippen LogP contribution is 2.33. The van der Waals surface area contributed by atoms with Crippen molar-refractivity contribution in [2.24, 2.45) is 0 Å². The van der Waals surface area contributed by atoms with Gasteiger partial charge in [-0.05, 0) is 42.5 Å². The minimum Gasteiger partial charge on any atom is -0.391 e. The van der Waals surface area contributed by atoms with Crippen LogP contribution in [0.1, 0.15) is 29.3 Å². The van der Waals surface area contributed by atoms with Crippen LogP contribution in [0.2, 0.25) is 0 Å². The standard InChI is InChI=1S/C16H15N3OS/c17-14-8-7-13(21-14)16-18-15(19-20-16)12-6-5-10-3-1-2-4-11(10)9-12/h1-4,7-8,12H,5-6,9,17H2. The number of fused-ring (bicyclic) bond motifs is 1. The van der Waals surface area contributed by atoms with Crippen LogP contribution in [-0.2, 0) is 12.8 Å². The molecule has 0 spiro atoms. The summed E-state index contributed by atoms with van der Waals surface area (Å²) in [6, 6.07) is 12.4. The van der Waals surface area contributed by atoms with E-state index in [1.54, 1.807) is 0 Å². The Morgan fingerprint density at radius 3 is 2.81 bits per heavy atom. The first-order valence-electron chi connectivity index (χ1n) is 7.05. The van der Waals surface area contributed by atoms with Crippen LogP contribution in [0.4, 0.5) is 5.00 Å². The van der Waals surface area contributed by atoms with Gasteiger partial charge in [-0.1, -0.05) is 29.4 Å². The van der Waals surface area contributed by atoms with E-state index in [1.807, 2.05) is 12.1 Å². The second-order valence-electron chi connectivity index (χ2n) is 5.37. The average Bonchev–Trinajstić information content (AvgIpc) is 3.15. The predicted octanol–water partition coefficient (Wildman–Crippen LogP) is 3.65. The summed E-state index contributed by atoms with van der Waals surface area (Å²) in [4.78, 5) is 5.50. The van der Waals surface area contributed by atoms with Crippen molar-refractivity contribution in [1.82, 2.24) is 10.1 Å². The summed E-state index contributed by atoms with van der Waals surface area (Å²) in [5.41, 5.74) is 8.60. The smallest absolute Gasteiger partial charge is 0.268 e. The summed E-state index contributed by atoms with van der Waals surface area (Å²) in [7, 11) is 0. The molecule has 0 aliphatic heterocycles. The zero-order chi connectivity index (χ0) is 14.2. The third-order valence-corrected chi connectivity index (χ3v) is 4.89. The SMILES string of the molecule is Nc1ccc(-c2nc(C3CCc4ccccc4C3)no2)s1. The molecule has 2 aromatic heterocycles. The van der Waals surface area contributed by atoms with Crippen molar-refractivity contribution in [1.29, 1.82) is 0 Å². The Balaban J connectivity index is 1.60. The van der Waals surface area contributed by atoms with E-state index in [9.17, 15) is 0 Å². The van der Waals surface area contributed by atoms with Crippen molar-refractivity contribution in [3.63, 3.8) is 0 Å². The van der Waals surface area contributed by atoms with E-state index in [1.165, 1.54) is 22.5 Å². The number of benzene rings is 1. The van der Waals surface area contributed by atoms with E-state index < -0.39 is 0 Å². The number of nitrogens with two attached hydrogens (primary N) is 1. The molecule has 1 atom stereocenters. The molecule has 21 heavy (non-hydrogen) atoms. The van der Waals surface area contributed by atoms with Crippen molar-refractivity contribution >= 4 is 16.3 Å². The average molecular weight is 297 g/mol. The first-order valence-corrected chi connectivity index (χ1v) is 7.87. The molecule has 1 aromatic carbocycles. The summed E-state index contributed by atoms with van der Waals surface area (Å²) in [6.45, 7) is 0. The van der Waals surface area contributed by atoms with Gasteiger partial charge in [0.1, 0.15) is 0 Å². The number of rotatable bonds is 2. The maximum Gasteiger partial charge on any atom is 0.268 e. The Morgan fingerprint density at radius 1 is 1.14 bits per heavy atom. The molecule has 5 heteroatoms. The van der Waals surface area contributed by atoms with E-state index in [0.29, 0.717) is 11.8 Å². The van der Waals surface area contributed by atoms with Crippen molar-refractivity contribution in [3.8, 4) is 10.8 Å². The number of aryl methyl sites for hydroxylation is 1. The number of hydrogen-bond acceptors (Lipinski definition) is 5. The van der Waals surface area contributed by atoms with Crippen molar-refractivity contribution in [2.45, 2.75) is 25.2 Å². The second-order valence-corrected chi connectivity index (χ2v) is 6.48. The van der Waals surface area contributed by atoms with Crippen LogP contribution in [0.15, 0.2) is 40.9 Å². The normalized spacial score (nSPS) is 17.6. The Labute approximate surface area is 126 Å². The minimum atomic E-state index is 0.342. The molecule has 1 unspecified atom stereocenters. The summed E-state index contributed by atoms with van der Waals surface area (Å²) >= 11 is 1.47. The van der Waals surface area contributed by atoms with Gasteiger partial charge in [-0.2, -0.15) is 4.98 Å². The number of nitrogen functional groups attached to an aromatic ring is 1. The number of anilines is 1. The summed E-state index contributed by atoms with van der Waals surface area (Å²) in [5, 5.41) is 4.94. The van der Waals surface area contributed by atoms with Gasteiger partial charge < -0.3 is 10.3 Å². The molecular weight excluding hydrogens is 282 g/mol. The fourth-order valence-corrected chi connectivity index (χ4v) is 3.58. The molecule has 4 rings (SSSR count). The molecule has 1 aliphatic carbocycles. The summed E-state index contributed by atoms with van der Waals surface area (Å²) in [6.07, 6.45) is 3.14. The molecule has 3 aromatic rings. The van der Waals surface area contributed by atoms with Gasteiger partial charge in [-0.3, -0.25) is 0 Å². The van der Waals surface area contributed by atoms with Crippen LogP contribution in [0.3, 0.4) is 0 Å². The molecule has 0 fully saturated rings. The second kappa shape index (κ2) is 5.00. The van der Waals surface area contributed by atoms with Gasteiger partial charge in [-0.15, -0.1) is 11.3 Å². The van der Waals surface area contributed by atoms with Gasteiger partial charge in [0.05, 0.1) is 9.88 Å². The van der Waals surface area contributed by atoms with Gasteiger partial charge in [0, 0.05) is 5.92 Å². The molecule has 0 saturated carbocycles. The lowest BCUT2D eigenvalue weighted by Crippen LogP contribution is -2.13. The number of thiophene rings is 1. The zero-order valence-corrected chi connectivity index (χ0v) is 12.3. The minimum absolute atomic E-state index is 0.342. The van der Waals surface area contributed by atoms with Crippen molar-refractivity contribution in [2.75, 3.05) is 5.73 Å². The van der Waals surface area contributed by atoms with Crippen LogP contribution < -0.4 is 5.73 Å². The van der Waals surface area contributed by atoms with E-state index in [0.717, 1.165) is 35.0 Å².